The molecule has 0 saturated heterocycles. The molecule has 240 valence electrons. The number of aliphatic carboxylic acids is 2. The first-order chi connectivity index (χ1) is 19.5. The van der Waals surface area contributed by atoms with Crippen LogP contribution in [0.15, 0.2) is 0 Å². The van der Waals surface area contributed by atoms with Crippen molar-refractivity contribution in [3.8, 4) is 0 Å². The molecule has 0 unspecified atom stereocenters. The van der Waals surface area contributed by atoms with Crippen LogP contribution >= 0.6 is 0 Å². The summed E-state index contributed by atoms with van der Waals surface area (Å²) in [5.41, 5.74) is 5.26. The lowest BCUT2D eigenvalue weighted by Gasteiger charge is -2.30. The van der Waals surface area contributed by atoms with Crippen LogP contribution in [0, 0.1) is 5.92 Å². The van der Waals surface area contributed by atoms with Gasteiger partial charge >= 0.3 is 11.9 Å². The molecule has 0 heterocycles. The minimum Gasteiger partial charge on any atom is -0.481 e. The predicted molar refractivity (Wildman–Crippen MR) is 143 cm³/mol. The predicted octanol–water partition coefficient (Wildman–Crippen LogP) is -4.88. The zero-order valence-corrected chi connectivity index (χ0v) is 23.8. The van der Waals surface area contributed by atoms with Gasteiger partial charge in [-0.15, -0.1) is 0 Å². The molecule has 0 aromatic carbocycles. The normalized spacial score (nSPS) is 16.7. The van der Waals surface area contributed by atoms with Gasteiger partial charge in [-0.1, -0.05) is 20.3 Å². The van der Waals surface area contributed by atoms with Crippen molar-refractivity contribution >= 4 is 41.5 Å². The smallest absolute Gasteiger partial charge is 0.328 e. The molecular formula is C24H42N6O12. The molecule has 18 nitrogen and oxygen atoms in total. The Balaban J connectivity index is 5.90. The van der Waals surface area contributed by atoms with Gasteiger partial charge in [0.1, 0.15) is 30.2 Å². The number of hydrogen-bond acceptors (Lipinski definition) is 11. The number of carbonyl (C=O) groups is 7. The van der Waals surface area contributed by atoms with E-state index < -0.39 is 109 Å². The minimum atomic E-state index is -1.75. The van der Waals surface area contributed by atoms with E-state index in [1.54, 1.807) is 13.8 Å². The van der Waals surface area contributed by atoms with Gasteiger partial charge < -0.3 is 57.9 Å². The molecule has 0 aliphatic rings. The Hall–Kier alpha value is -3.87. The number of carboxylic acids is 2. The van der Waals surface area contributed by atoms with Crippen LogP contribution in [0.4, 0.5) is 0 Å². The van der Waals surface area contributed by atoms with Gasteiger partial charge in [-0.3, -0.25) is 28.8 Å². The molecule has 0 aliphatic heterocycles. The topological polar surface area (TPSA) is 307 Å². The Morgan fingerprint density at radius 1 is 0.690 bits per heavy atom. The first-order valence-corrected chi connectivity index (χ1v) is 13.1. The van der Waals surface area contributed by atoms with Crippen molar-refractivity contribution in [2.24, 2.45) is 11.7 Å². The maximum absolute atomic E-state index is 13.2. The third kappa shape index (κ3) is 12.8. The zero-order chi connectivity index (χ0) is 32.7. The van der Waals surface area contributed by atoms with E-state index in [4.69, 9.17) is 21.1 Å². The van der Waals surface area contributed by atoms with Gasteiger partial charge in [0.05, 0.1) is 25.4 Å². The van der Waals surface area contributed by atoms with E-state index in [1.807, 2.05) is 5.32 Å². The maximum atomic E-state index is 13.2. The van der Waals surface area contributed by atoms with Gasteiger partial charge in [-0.05, 0) is 26.2 Å². The van der Waals surface area contributed by atoms with Crippen LogP contribution in [0.25, 0.3) is 0 Å². The number of nitrogens with two attached hydrogens (primary N) is 1. The van der Waals surface area contributed by atoms with Crippen LogP contribution in [0.5, 0.6) is 0 Å². The van der Waals surface area contributed by atoms with Gasteiger partial charge in [0, 0.05) is 6.42 Å². The summed E-state index contributed by atoms with van der Waals surface area (Å²) in [4.78, 5) is 85.5. The monoisotopic (exact) mass is 606 g/mol. The van der Waals surface area contributed by atoms with Gasteiger partial charge in [0.15, 0.2) is 0 Å². The summed E-state index contributed by atoms with van der Waals surface area (Å²) in [5, 5.41) is 58.4. The largest absolute Gasteiger partial charge is 0.481 e. The second-order valence-electron chi connectivity index (χ2n) is 9.66. The number of aliphatic hydroxyl groups is 3. The standard InChI is InChI=1S/C24H42N6O12/c1-5-10(2)17(28-20(37)13(6-7-16(35)36)26-15(34)8-25)21(38)29-19(12(4)33)23(40)30-18(11(3)32)22(39)27-14(9-31)24(41)42/h10-14,17-19,31-33H,5-9,25H2,1-4H3,(H,26,34)(H,27,39)(H,28,37)(H,29,38)(H,30,40)(H,35,36)(H,41,42)/t10-,11+,12+,13-,14-,17-,18-,19-/m0/s1. The number of rotatable bonds is 19. The molecule has 5 amide bonds. The Kier molecular flexibility index (Phi) is 16.8. The highest BCUT2D eigenvalue weighted by Gasteiger charge is 2.36. The summed E-state index contributed by atoms with van der Waals surface area (Å²) in [6.45, 7) is 4.05. The Morgan fingerprint density at radius 3 is 1.52 bits per heavy atom. The van der Waals surface area contributed by atoms with Crippen LogP contribution in [-0.2, 0) is 33.6 Å². The van der Waals surface area contributed by atoms with Crippen molar-refractivity contribution in [2.45, 2.75) is 89.4 Å². The summed E-state index contributed by atoms with van der Waals surface area (Å²) >= 11 is 0. The molecule has 0 saturated carbocycles. The summed E-state index contributed by atoms with van der Waals surface area (Å²) in [6.07, 6.45) is -3.62. The molecule has 42 heavy (non-hydrogen) atoms. The van der Waals surface area contributed by atoms with E-state index in [9.17, 15) is 43.8 Å². The first-order valence-electron chi connectivity index (χ1n) is 13.1. The molecule has 0 bridgehead atoms. The third-order valence-electron chi connectivity index (χ3n) is 6.20. The fourth-order valence-corrected chi connectivity index (χ4v) is 3.49. The summed E-state index contributed by atoms with van der Waals surface area (Å²) in [6, 6.07) is -7.92. The van der Waals surface area contributed by atoms with Crippen molar-refractivity contribution in [1.29, 1.82) is 0 Å². The average Bonchev–Trinajstić information content (AvgIpc) is 2.92. The van der Waals surface area contributed by atoms with Gasteiger partial charge in [-0.25, -0.2) is 4.79 Å². The lowest BCUT2D eigenvalue weighted by Crippen LogP contribution is -2.63. The third-order valence-corrected chi connectivity index (χ3v) is 6.20. The van der Waals surface area contributed by atoms with Gasteiger partial charge in [0.2, 0.25) is 29.5 Å². The Labute approximate surface area is 241 Å². The highest BCUT2D eigenvalue weighted by atomic mass is 16.4. The summed E-state index contributed by atoms with van der Waals surface area (Å²) in [7, 11) is 0. The number of carbonyl (C=O) groups excluding carboxylic acids is 5. The number of amides is 5. The molecule has 0 aromatic heterocycles. The first kappa shape index (κ1) is 38.1. The van der Waals surface area contributed by atoms with Crippen LogP contribution < -0.4 is 32.3 Å². The fourth-order valence-electron chi connectivity index (χ4n) is 3.49. The molecule has 8 atom stereocenters. The van der Waals surface area contributed by atoms with Crippen molar-refractivity contribution < 1.29 is 59.1 Å². The highest BCUT2D eigenvalue weighted by molar-refractivity contribution is 5.96. The van der Waals surface area contributed by atoms with Crippen LogP contribution in [-0.4, -0.2) is 123 Å². The van der Waals surface area contributed by atoms with Crippen LogP contribution in [0.2, 0.25) is 0 Å². The molecule has 0 fully saturated rings. The minimum absolute atomic E-state index is 0.317. The maximum Gasteiger partial charge on any atom is 0.328 e. The molecule has 12 N–H and O–H groups in total. The number of nitrogens with one attached hydrogen (secondary N) is 5. The van der Waals surface area contributed by atoms with Crippen LogP contribution in [0.3, 0.4) is 0 Å². The second-order valence-corrected chi connectivity index (χ2v) is 9.66. The number of aliphatic hydroxyl groups excluding tert-OH is 3. The molecular weight excluding hydrogens is 564 g/mol. The van der Waals surface area contributed by atoms with Crippen molar-refractivity contribution in [3.05, 3.63) is 0 Å². The lowest BCUT2D eigenvalue weighted by molar-refractivity contribution is -0.144. The second kappa shape index (κ2) is 18.5. The quantitative estimate of drug-likeness (QED) is 0.0658. The molecule has 18 heteroatoms. The highest BCUT2D eigenvalue weighted by Crippen LogP contribution is 2.11. The molecule has 0 rings (SSSR count). The van der Waals surface area contributed by atoms with Gasteiger partial charge in [0.25, 0.3) is 0 Å². The Morgan fingerprint density at radius 2 is 1.14 bits per heavy atom. The van der Waals surface area contributed by atoms with Crippen molar-refractivity contribution in [2.75, 3.05) is 13.2 Å². The molecule has 0 aliphatic carbocycles. The zero-order valence-electron chi connectivity index (χ0n) is 23.8. The van der Waals surface area contributed by atoms with Gasteiger partial charge in [-0.2, -0.15) is 0 Å². The van der Waals surface area contributed by atoms with Crippen LogP contribution in [0.1, 0.15) is 47.0 Å². The Bertz CT molecular complexity index is 976. The van der Waals surface area contributed by atoms with E-state index in [-0.39, 0.29) is 6.42 Å². The van der Waals surface area contributed by atoms with E-state index in [2.05, 4.69) is 21.3 Å². The molecule has 0 spiro atoms. The fraction of sp³-hybridized carbons (Fsp3) is 0.708. The van der Waals surface area contributed by atoms with Crippen molar-refractivity contribution in [3.63, 3.8) is 0 Å². The SMILES string of the molecule is CC[C@H](C)[C@H](NC(=O)[C@H](CCC(=O)O)NC(=O)CN)C(=O)N[C@H](C(=O)N[C@H](C(=O)N[C@@H](CO)C(=O)O)[C@@H](C)O)[C@@H](C)O. The number of carboxylic acid groups (broad SMARTS) is 2. The van der Waals surface area contributed by atoms with E-state index in [0.717, 1.165) is 13.8 Å². The lowest BCUT2D eigenvalue weighted by atomic mass is 9.96. The van der Waals surface area contributed by atoms with E-state index >= 15 is 0 Å². The summed E-state index contributed by atoms with van der Waals surface area (Å²) < 4.78 is 0. The summed E-state index contributed by atoms with van der Waals surface area (Å²) in [5.74, 6) is -8.33. The molecule has 0 radical (unpaired) electrons. The number of hydrogen-bond donors (Lipinski definition) is 11. The average molecular weight is 607 g/mol. The molecule has 0 aromatic rings. The van der Waals surface area contributed by atoms with E-state index in [0.29, 0.717) is 6.42 Å². The van der Waals surface area contributed by atoms with Crippen molar-refractivity contribution in [1.82, 2.24) is 26.6 Å². The van der Waals surface area contributed by atoms with E-state index in [1.165, 1.54) is 0 Å².